The highest BCUT2D eigenvalue weighted by Gasteiger charge is 2.30. The number of ether oxygens (including phenoxy) is 2. The van der Waals surface area contributed by atoms with Crippen LogP contribution in [0.3, 0.4) is 0 Å². The average Bonchev–Trinajstić information content (AvgIpc) is 3.02. The number of hydrogen-bond acceptors (Lipinski definition) is 3. The van der Waals surface area contributed by atoms with Gasteiger partial charge in [-0.1, -0.05) is 38.1 Å². The number of anilines is 1. The summed E-state index contributed by atoms with van der Waals surface area (Å²) < 4.78 is 10.7. The largest absolute Gasteiger partial charge is 0.492 e. The van der Waals surface area contributed by atoms with Crippen molar-refractivity contribution in [3.8, 4) is 5.75 Å². The van der Waals surface area contributed by atoms with Gasteiger partial charge in [0.1, 0.15) is 5.75 Å². The van der Waals surface area contributed by atoms with E-state index in [1.54, 1.807) is 0 Å². The number of benzene rings is 2. The fourth-order valence-electron chi connectivity index (χ4n) is 3.49. The summed E-state index contributed by atoms with van der Waals surface area (Å²) in [5, 5.41) is 2.84. The molecular formula is C21H25NO3. The highest BCUT2D eigenvalue weighted by atomic mass is 16.5. The molecule has 0 unspecified atom stereocenters. The Bertz CT molecular complexity index is 794. The van der Waals surface area contributed by atoms with Gasteiger partial charge in [-0.15, -0.1) is 0 Å². The summed E-state index contributed by atoms with van der Waals surface area (Å²) in [5.74, 6) is 1.60. The number of nitrogens with one attached hydrogen (secondary N) is 1. The number of aryl methyl sites for hydroxylation is 1. The lowest BCUT2D eigenvalue weighted by molar-refractivity contribution is 0.187. The molecule has 0 aromatic heterocycles. The lowest BCUT2D eigenvalue weighted by Gasteiger charge is -2.18. The molecule has 1 atom stereocenters. The lowest BCUT2D eigenvalue weighted by atomic mass is 9.87. The summed E-state index contributed by atoms with van der Waals surface area (Å²) in [5.41, 5.74) is 6.53. The summed E-state index contributed by atoms with van der Waals surface area (Å²) in [7, 11) is 1.37. The quantitative estimate of drug-likeness (QED) is 0.843. The van der Waals surface area contributed by atoms with Gasteiger partial charge in [-0.05, 0) is 48.1 Å². The molecule has 25 heavy (non-hydrogen) atoms. The first-order valence-corrected chi connectivity index (χ1v) is 8.64. The molecule has 4 nitrogen and oxygen atoms in total. The number of carbonyl (C=O) groups excluding carboxylic acids is 1. The van der Waals surface area contributed by atoms with Gasteiger partial charge < -0.3 is 9.47 Å². The summed E-state index contributed by atoms with van der Waals surface area (Å²) >= 11 is 0. The second-order valence-electron chi connectivity index (χ2n) is 6.91. The first kappa shape index (κ1) is 17.3. The third kappa shape index (κ3) is 3.21. The predicted octanol–water partition coefficient (Wildman–Crippen LogP) is 5.13. The molecule has 0 aliphatic carbocycles. The van der Waals surface area contributed by atoms with Crippen LogP contribution in [0.4, 0.5) is 10.5 Å². The van der Waals surface area contributed by atoms with Gasteiger partial charge in [0.15, 0.2) is 0 Å². The van der Waals surface area contributed by atoms with Gasteiger partial charge in [0.05, 0.1) is 19.4 Å². The van der Waals surface area contributed by atoms with Crippen LogP contribution in [0, 0.1) is 13.8 Å². The highest BCUT2D eigenvalue weighted by molar-refractivity contribution is 5.87. The lowest BCUT2D eigenvalue weighted by Crippen LogP contribution is -2.14. The van der Waals surface area contributed by atoms with E-state index in [1.807, 2.05) is 19.9 Å². The van der Waals surface area contributed by atoms with Crippen LogP contribution in [0.15, 0.2) is 30.3 Å². The number of fused-ring (bicyclic) bond motifs is 1. The molecule has 1 aliphatic rings. The monoisotopic (exact) mass is 339 g/mol. The standard InChI is InChI=1S/C21H25NO3/c1-12(2)15-6-8-16(9-7-15)17-11-25-18-10-13(3)20(14(4)19(17)18)22-21(23)24-5/h6-10,12,17H,11H2,1-5H3,(H,22,23)/t17-/m1/s1. The van der Waals surface area contributed by atoms with E-state index in [0.717, 1.165) is 28.1 Å². The van der Waals surface area contributed by atoms with Crippen LogP contribution in [0.2, 0.25) is 0 Å². The number of rotatable bonds is 3. The van der Waals surface area contributed by atoms with Crippen LogP contribution in [0.25, 0.3) is 0 Å². The van der Waals surface area contributed by atoms with E-state index < -0.39 is 6.09 Å². The fraction of sp³-hybridized carbons (Fsp3) is 0.381. The van der Waals surface area contributed by atoms with Crippen molar-refractivity contribution in [3.63, 3.8) is 0 Å². The summed E-state index contributed by atoms with van der Waals surface area (Å²) in [6.07, 6.45) is -0.456. The van der Waals surface area contributed by atoms with Crippen molar-refractivity contribution >= 4 is 11.8 Å². The normalized spacial score (nSPS) is 15.7. The van der Waals surface area contributed by atoms with Gasteiger partial charge in [0, 0.05) is 11.5 Å². The third-order valence-electron chi connectivity index (χ3n) is 4.96. The Balaban J connectivity index is 2.01. The van der Waals surface area contributed by atoms with Crippen LogP contribution < -0.4 is 10.1 Å². The number of methoxy groups -OCH3 is 1. The zero-order valence-corrected chi connectivity index (χ0v) is 15.5. The van der Waals surface area contributed by atoms with Crippen molar-refractivity contribution in [1.29, 1.82) is 0 Å². The second-order valence-corrected chi connectivity index (χ2v) is 6.91. The van der Waals surface area contributed by atoms with Gasteiger partial charge in [-0.25, -0.2) is 4.79 Å². The number of carbonyl (C=O) groups is 1. The van der Waals surface area contributed by atoms with Crippen LogP contribution in [0.5, 0.6) is 5.75 Å². The summed E-state index contributed by atoms with van der Waals surface area (Å²) in [6.45, 7) is 9.01. The average molecular weight is 339 g/mol. The van der Waals surface area contributed by atoms with Gasteiger partial charge >= 0.3 is 6.09 Å². The maximum atomic E-state index is 11.7. The summed E-state index contributed by atoms with van der Waals surface area (Å²) in [6, 6.07) is 10.7. The molecule has 0 saturated heterocycles. The molecule has 1 N–H and O–H groups in total. The van der Waals surface area contributed by atoms with Crippen molar-refractivity contribution in [2.24, 2.45) is 0 Å². The molecule has 1 amide bonds. The second kappa shape index (κ2) is 6.79. The minimum atomic E-state index is -0.456. The maximum absolute atomic E-state index is 11.7. The Labute approximate surface area is 149 Å². The zero-order chi connectivity index (χ0) is 18.1. The van der Waals surface area contributed by atoms with E-state index >= 15 is 0 Å². The maximum Gasteiger partial charge on any atom is 0.411 e. The van der Waals surface area contributed by atoms with Crippen LogP contribution in [0.1, 0.15) is 53.5 Å². The molecule has 0 radical (unpaired) electrons. The highest BCUT2D eigenvalue weighted by Crippen LogP contribution is 2.44. The molecule has 2 aromatic rings. The van der Waals surface area contributed by atoms with Crippen molar-refractivity contribution in [3.05, 3.63) is 58.1 Å². The molecule has 2 aromatic carbocycles. The van der Waals surface area contributed by atoms with Gasteiger partial charge in [0.2, 0.25) is 0 Å². The third-order valence-corrected chi connectivity index (χ3v) is 4.96. The van der Waals surface area contributed by atoms with E-state index in [0.29, 0.717) is 12.5 Å². The van der Waals surface area contributed by atoms with E-state index in [1.165, 1.54) is 18.2 Å². The first-order valence-electron chi connectivity index (χ1n) is 8.64. The summed E-state index contributed by atoms with van der Waals surface area (Å²) in [4.78, 5) is 11.7. The van der Waals surface area contributed by atoms with Crippen molar-refractivity contribution in [2.75, 3.05) is 19.0 Å². The Kier molecular flexibility index (Phi) is 4.71. The van der Waals surface area contributed by atoms with Crippen molar-refractivity contribution in [2.45, 2.75) is 39.5 Å². The Morgan fingerprint density at radius 2 is 1.92 bits per heavy atom. The van der Waals surface area contributed by atoms with E-state index in [2.05, 4.69) is 43.4 Å². The fourth-order valence-corrected chi connectivity index (χ4v) is 3.49. The SMILES string of the molecule is COC(=O)Nc1c(C)cc2c(c1C)[C@@H](c1ccc(C(C)C)cc1)CO2. The van der Waals surface area contributed by atoms with Crippen LogP contribution >= 0.6 is 0 Å². The molecule has 0 bridgehead atoms. The minimum Gasteiger partial charge on any atom is -0.492 e. The molecule has 3 rings (SSSR count). The smallest absolute Gasteiger partial charge is 0.411 e. The molecular weight excluding hydrogens is 314 g/mol. The van der Waals surface area contributed by atoms with Crippen molar-refractivity contribution < 1.29 is 14.3 Å². The van der Waals surface area contributed by atoms with Gasteiger partial charge in [0.25, 0.3) is 0 Å². The molecule has 0 spiro atoms. The Hall–Kier alpha value is -2.49. The number of hydrogen-bond donors (Lipinski definition) is 1. The molecule has 1 aliphatic heterocycles. The van der Waals surface area contributed by atoms with E-state index in [9.17, 15) is 4.79 Å². The molecule has 132 valence electrons. The first-order chi connectivity index (χ1) is 11.9. The van der Waals surface area contributed by atoms with Crippen LogP contribution in [-0.2, 0) is 4.74 Å². The molecule has 0 saturated carbocycles. The predicted molar refractivity (Wildman–Crippen MR) is 99.8 cm³/mol. The van der Waals surface area contributed by atoms with Gasteiger partial charge in [-0.2, -0.15) is 0 Å². The van der Waals surface area contributed by atoms with E-state index in [4.69, 9.17) is 9.47 Å². The Morgan fingerprint density at radius 3 is 2.52 bits per heavy atom. The van der Waals surface area contributed by atoms with Crippen LogP contribution in [-0.4, -0.2) is 19.8 Å². The Morgan fingerprint density at radius 1 is 1.24 bits per heavy atom. The van der Waals surface area contributed by atoms with Gasteiger partial charge in [-0.3, -0.25) is 5.32 Å². The van der Waals surface area contributed by atoms with E-state index in [-0.39, 0.29) is 5.92 Å². The molecule has 1 heterocycles. The molecule has 0 fully saturated rings. The van der Waals surface area contributed by atoms with Crippen molar-refractivity contribution in [1.82, 2.24) is 0 Å². The minimum absolute atomic E-state index is 0.176. The number of amides is 1. The topological polar surface area (TPSA) is 47.6 Å². The molecule has 4 heteroatoms. The zero-order valence-electron chi connectivity index (χ0n) is 15.5.